The van der Waals surface area contributed by atoms with Crippen molar-refractivity contribution in [2.75, 3.05) is 20.1 Å². The van der Waals surface area contributed by atoms with Gasteiger partial charge in [-0.15, -0.1) is 0 Å². The first-order valence-corrected chi connectivity index (χ1v) is 12.6. The third-order valence-electron chi connectivity index (χ3n) is 7.39. The van der Waals surface area contributed by atoms with Crippen molar-refractivity contribution < 1.29 is 9.18 Å². The number of hydrogen-bond donors (Lipinski definition) is 1. The van der Waals surface area contributed by atoms with E-state index >= 15 is 0 Å². The van der Waals surface area contributed by atoms with Gasteiger partial charge in [-0.2, -0.15) is 5.10 Å². The highest BCUT2D eigenvalue weighted by Crippen LogP contribution is 2.24. The molecule has 0 radical (unpaired) electrons. The molecule has 0 aliphatic heterocycles. The van der Waals surface area contributed by atoms with Gasteiger partial charge in [-0.05, 0) is 52.8 Å². The van der Waals surface area contributed by atoms with Gasteiger partial charge in [0.15, 0.2) is 0 Å². The fourth-order valence-corrected chi connectivity index (χ4v) is 5.24. The molecule has 35 heavy (non-hydrogen) atoms. The van der Waals surface area contributed by atoms with E-state index < -0.39 is 0 Å². The largest absolute Gasteiger partial charge is 0.354 e. The van der Waals surface area contributed by atoms with Crippen molar-refractivity contribution >= 4 is 16.7 Å². The molecule has 1 N–H and O–H groups in total. The number of rotatable bonds is 9. The number of amides is 1. The van der Waals surface area contributed by atoms with Crippen molar-refractivity contribution in [2.24, 2.45) is 0 Å². The van der Waals surface area contributed by atoms with E-state index in [1.807, 2.05) is 18.4 Å². The first kappa shape index (κ1) is 25.1. The Balaban J connectivity index is 1.39. The van der Waals surface area contributed by atoms with Gasteiger partial charge >= 0.3 is 0 Å². The molecular weight excluding hydrogens is 445 g/mol. The predicted octanol–water partition coefficient (Wildman–Crippen LogP) is 3.77. The van der Waals surface area contributed by atoms with E-state index in [0.29, 0.717) is 30.1 Å². The Hall–Kier alpha value is -3.00. The van der Waals surface area contributed by atoms with Crippen molar-refractivity contribution in [1.82, 2.24) is 24.6 Å². The van der Waals surface area contributed by atoms with Gasteiger partial charge in [-0.25, -0.2) is 9.07 Å². The van der Waals surface area contributed by atoms with E-state index in [1.54, 1.807) is 24.4 Å². The lowest BCUT2D eigenvalue weighted by molar-refractivity contribution is -0.121. The van der Waals surface area contributed by atoms with E-state index in [1.165, 1.54) is 42.9 Å². The summed E-state index contributed by atoms with van der Waals surface area (Å²) >= 11 is 0. The first-order chi connectivity index (χ1) is 16.9. The zero-order valence-corrected chi connectivity index (χ0v) is 21.0. The smallest absolute Gasteiger partial charge is 0.276 e. The van der Waals surface area contributed by atoms with Crippen LogP contribution in [0.5, 0.6) is 0 Å². The zero-order chi connectivity index (χ0) is 24.9. The highest BCUT2D eigenvalue weighted by molar-refractivity contribution is 5.87. The monoisotopic (exact) mass is 481 g/mol. The maximum atomic E-state index is 14.2. The van der Waals surface area contributed by atoms with Crippen molar-refractivity contribution in [1.29, 1.82) is 0 Å². The Morgan fingerprint density at radius 2 is 1.91 bits per heavy atom. The summed E-state index contributed by atoms with van der Waals surface area (Å²) in [6, 6.07) is 7.30. The molecule has 1 saturated carbocycles. The molecule has 4 rings (SSSR count). The number of halogens is 1. The summed E-state index contributed by atoms with van der Waals surface area (Å²) < 4.78 is 17.4. The standard InChI is InChI=1S/C27H36FN5O2/c1-19-23-16-30-33(18-25(34)29-14-9-15-31(3)22-11-5-4-6-12-22)27(35)26(23)20(2)32(19)17-21-10-7-8-13-24(21)28/h7-8,10,13,16,22H,4-6,9,11-12,14-15,17-18H2,1-3H3,(H,29,34). The molecule has 1 fully saturated rings. The van der Waals surface area contributed by atoms with Crippen LogP contribution in [-0.2, 0) is 17.9 Å². The Bertz CT molecular complexity index is 1240. The molecule has 0 atom stereocenters. The lowest BCUT2D eigenvalue weighted by Gasteiger charge is -2.31. The Morgan fingerprint density at radius 3 is 2.66 bits per heavy atom. The lowest BCUT2D eigenvalue weighted by Crippen LogP contribution is -2.37. The highest BCUT2D eigenvalue weighted by atomic mass is 19.1. The van der Waals surface area contributed by atoms with Crippen LogP contribution in [0.4, 0.5) is 4.39 Å². The SMILES string of the molecule is Cc1c2cnn(CC(=O)NCCCN(C)C3CCCCC3)c(=O)c2c(C)n1Cc1ccccc1F. The first-order valence-electron chi connectivity index (χ1n) is 12.6. The normalized spacial score (nSPS) is 14.7. The van der Waals surface area contributed by atoms with E-state index in [9.17, 15) is 14.0 Å². The minimum atomic E-state index is -0.303. The molecule has 0 spiro atoms. The predicted molar refractivity (Wildman–Crippen MR) is 136 cm³/mol. The highest BCUT2D eigenvalue weighted by Gasteiger charge is 2.19. The van der Waals surface area contributed by atoms with Crippen molar-refractivity contribution in [3.63, 3.8) is 0 Å². The molecular formula is C27H36FN5O2. The number of aryl methyl sites for hydroxylation is 2. The molecule has 1 aliphatic rings. The minimum absolute atomic E-state index is 0.121. The van der Waals surface area contributed by atoms with E-state index in [2.05, 4.69) is 22.4 Å². The van der Waals surface area contributed by atoms with Crippen LogP contribution in [0.15, 0.2) is 35.3 Å². The van der Waals surface area contributed by atoms with Crippen LogP contribution < -0.4 is 10.9 Å². The van der Waals surface area contributed by atoms with Crippen LogP contribution in [-0.4, -0.2) is 51.3 Å². The van der Waals surface area contributed by atoms with Gasteiger partial charge in [-0.3, -0.25) is 9.59 Å². The summed E-state index contributed by atoms with van der Waals surface area (Å²) in [5.41, 5.74) is 1.85. The third-order valence-corrected chi connectivity index (χ3v) is 7.39. The van der Waals surface area contributed by atoms with Gasteiger partial charge in [0, 0.05) is 34.9 Å². The quantitative estimate of drug-likeness (QED) is 0.472. The van der Waals surface area contributed by atoms with Crippen molar-refractivity contribution in [2.45, 2.75) is 71.5 Å². The van der Waals surface area contributed by atoms with E-state index in [4.69, 9.17) is 0 Å². The number of nitrogens with zero attached hydrogens (tertiary/aromatic N) is 4. The van der Waals surface area contributed by atoms with E-state index in [0.717, 1.165) is 29.7 Å². The summed E-state index contributed by atoms with van der Waals surface area (Å²) in [6.45, 7) is 5.48. The number of nitrogens with one attached hydrogen (secondary N) is 1. The maximum absolute atomic E-state index is 14.2. The fraction of sp³-hybridized carbons (Fsp3) is 0.519. The third kappa shape index (κ3) is 5.64. The van der Waals surface area contributed by atoms with Crippen LogP contribution in [0.1, 0.15) is 55.5 Å². The second-order valence-electron chi connectivity index (χ2n) is 9.72. The Labute approximate surface area is 205 Å². The number of hydrogen-bond acceptors (Lipinski definition) is 4. The topological polar surface area (TPSA) is 72.2 Å². The number of benzene rings is 1. The number of fused-ring (bicyclic) bond motifs is 1. The molecule has 7 nitrogen and oxygen atoms in total. The molecule has 0 bridgehead atoms. The van der Waals surface area contributed by atoms with Crippen LogP contribution in [0.25, 0.3) is 10.8 Å². The molecule has 188 valence electrons. The molecule has 8 heteroatoms. The van der Waals surface area contributed by atoms with Gasteiger partial charge in [0.2, 0.25) is 5.91 Å². The van der Waals surface area contributed by atoms with Gasteiger partial charge in [-0.1, -0.05) is 37.5 Å². The molecule has 2 heterocycles. The van der Waals surface area contributed by atoms with Crippen molar-refractivity contribution in [3.8, 4) is 0 Å². The summed E-state index contributed by atoms with van der Waals surface area (Å²) in [7, 11) is 2.17. The van der Waals surface area contributed by atoms with Gasteiger partial charge < -0.3 is 14.8 Å². The lowest BCUT2D eigenvalue weighted by atomic mass is 9.94. The average Bonchev–Trinajstić information content (AvgIpc) is 3.10. The Kier molecular flexibility index (Phi) is 8.00. The number of aromatic nitrogens is 3. The van der Waals surface area contributed by atoms with Crippen LogP contribution in [0.2, 0.25) is 0 Å². The van der Waals surface area contributed by atoms with Gasteiger partial charge in [0.1, 0.15) is 12.4 Å². The summed E-state index contributed by atoms with van der Waals surface area (Å²) in [6.07, 6.45) is 8.99. The summed E-state index contributed by atoms with van der Waals surface area (Å²) in [5.74, 6) is -0.499. The fourth-order valence-electron chi connectivity index (χ4n) is 5.24. The molecule has 0 unspecified atom stereocenters. The van der Waals surface area contributed by atoms with Crippen molar-refractivity contribution in [3.05, 3.63) is 63.6 Å². The minimum Gasteiger partial charge on any atom is -0.354 e. The number of carbonyl (C=O) groups is 1. The van der Waals surface area contributed by atoms with Crippen LogP contribution in [0, 0.1) is 19.7 Å². The molecule has 1 aliphatic carbocycles. The van der Waals surface area contributed by atoms with Gasteiger partial charge in [0.25, 0.3) is 5.56 Å². The second-order valence-corrected chi connectivity index (χ2v) is 9.72. The second kappa shape index (κ2) is 11.2. The maximum Gasteiger partial charge on any atom is 0.276 e. The van der Waals surface area contributed by atoms with Crippen LogP contribution >= 0.6 is 0 Å². The molecule has 0 saturated heterocycles. The molecule has 3 aromatic rings. The van der Waals surface area contributed by atoms with Crippen LogP contribution in [0.3, 0.4) is 0 Å². The molecule has 1 amide bonds. The Morgan fingerprint density at radius 1 is 1.17 bits per heavy atom. The summed E-state index contributed by atoms with van der Waals surface area (Å²) in [5, 5.41) is 8.43. The summed E-state index contributed by atoms with van der Waals surface area (Å²) in [4.78, 5) is 28.1. The average molecular weight is 482 g/mol. The zero-order valence-electron chi connectivity index (χ0n) is 21.0. The van der Waals surface area contributed by atoms with Gasteiger partial charge in [0.05, 0.1) is 18.1 Å². The molecule has 2 aromatic heterocycles. The van der Waals surface area contributed by atoms with E-state index in [-0.39, 0.29) is 23.8 Å². The number of carbonyl (C=O) groups excluding carboxylic acids is 1. The molecule has 1 aromatic carbocycles.